The molecule has 0 heterocycles. The molecule has 1 N–H and O–H groups in total. The summed E-state index contributed by atoms with van der Waals surface area (Å²) in [4.78, 5) is 11.6. The van der Waals surface area contributed by atoms with Gasteiger partial charge in [0.15, 0.2) is 0 Å². The van der Waals surface area contributed by atoms with Gasteiger partial charge in [-0.2, -0.15) is 0 Å². The summed E-state index contributed by atoms with van der Waals surface area (Å²) in [7, 11) is 3.06. The summed E-state index contributed by atoms with van der Waals surface area (Å²) in [5, 5.41) is 2.98. The molecule has 0 aromatic heterocycles. The third kappa shape index (κ3) is 3.03. The number of carbonyl (C=O) groups is 1. The predicted octanol–water partition coefficient (Wildman–Crippen LogP) is 2.29. The lowest BCUT2D eigenvalue weighted by Crippen LogP contribution is -2.32. The second kappa shape index (κ2) is 6.35. The van der Waals surface area contributed by atoms with E-state index in [1.54, 1.807) is 25.2 Å². The molecule has 17 heavy (non-hydrogen) atoms. The zero-order valence-corrected chi connectivity index (χ0v) is 10.4. The van der Waals surface area contributed by atoms with Crippen molar-refractivity contribution in [3.63, 3.8) is 0 Å². The number of esters is 1. The average Bonchev–Trinajstić information content (AvgIpc) is 2.36. The fourth-order valence-electron chi connectivity index (χ4n) is 1.99. The quantitative estimate of drug-likeness (QED) is 0.801. The van der Waals surface area contributed by atoms with Crippen LogP contribution in [0.5, 0.6) is 0 Å². The van der Waals surface area contributed by atoms with Gasteiger partial charge in [0, 0.05) is 11.6 Å². The van der Waals surface area contributed by atoms with Crippen molar-refractivity contribution in [2.75, 3.05) is 14.2 Å². The standard InChI is InChI=1S/C13H18FNO2/c1-4-9(13(16)17-3)12(15-2)10-7-5-6-8-11(10)14/h5-9,12,15H,4H2,1-3H3. The van der Waals surface area contributed by atoms with E-state index in [-0.39, 0.29) is 23.7 Å². The molecule has 0 aliphatic carbocycles. The van der Waals surface area contributed by atoms with Crippen molar-refractivity contribution in [1.29, 1.82) is 0 Å². The van der Waals surface area contributed by atoms with Crippen LogP contribution in [-0.2, 0) is 9.53 Å². The minimum Gasteiger partial charge on any atom is -0.469 e. The van der Waals surface area contributed by atoms with Crippen LogP contribution in [0, 0.1) is 11.7 Å². The molecule has 0 aliphatic rings. The van der Waals surface area contributed by atoms with E-state index in [2.05, 4.69) is 5.32 Å². The molecule has 3 nitrogen and oxygen atoms in total. The first kappa shape index (κ1) is 13.6. The molecule has 0 bridgehead atoms. The molecule has 94 valence electrons. The Morgan fingerprint density at radius 3 is 2.59 bits per heavy atom. The Hall–Kier alpha value is -1.42. The minimum absolute atomic E-state index is 0.311. The smallest absolute Gasteiger partial charge is 0.310 e. The number of benzene rings is 1. The number of hydrogen-bond donors (Lipinski definition) is 1. The van der Waals surface area contributed by atoms with Gasteiger partial charge in [0.2, 0.25) is 0 Å². The maximum atomic E-state index is 13.7. The third-order valence-electron chi connectivity index (χ3n) is 2.90. The summed E-state index contributed by atoms with van der Waals surface area (Å²) in [5.41, 5.74) is 0.493. The molecular formula is C13H18FNO2. The van der Waals surface area contributed by atoms with Crippen molar-refractivity contribution < 1.29 is 13.9 Å². The van der Waals surface area contributed by atoms with Crippen molar-refractivity contribution in [1.82, 2.24) is 5.32 Å². The molecule has 0 fully saturated rings. The van der Waals surface area contributed by atoms with Crippen LogP contribution in [0.2, 0.25) is 0 Å². The molecule has 4 heteroatoms. The molecule has 2 unspecified atom stereocenters. The highest BCUT2D eigenvalue weighted by Crippen LogP contribution is 2.27. The monoisotopic (exact) mass is 239 g/mol. The molecule has 0 aliphatic heterocycles. The van der Waals surface area contributed by atoms with Gasteiger partial charge in [0.05, 0.1) is 13.0 Å². The Balaban J connectivity index is 3.05. The van der Waals surface area contributed by atoms with Crippen LogP contribution in [0.15, 0.2) is 24.3 Å². The number of methoxy groups -OCH3 is 1. The van der Waals surface area contributed by atoms with Crippen LogP contribution in [0.25, 0.3) is 0 Å². The van der Waals surface area contributed by atoms with E-state index in [1.807, 2.05) is 6.92 Å². The summed E-state index contributed by atoms with van der Waals surface area (Å²) in [6, 6.07) is 6.09. The highest BCUT2D eigenvalue weighted by molar-refractivity contribution is 5.73. The van der Waals surface area contributed by atoms with Gasteiger partial charge in [-0.3, -0.25) is 4.79 Å². The van der Waals surface area contributed by atoms with E-state index in [0.29, 0.717) is 12.0 Å². The molecule has 1 aromatic carbocycles. The highest BCUT2D eigenvalue weighted by Gasteiger charge is 2.29. The summed E-state index contributed by atoms with van der Waals surface area (Å²) >= 11 is 0. The SMILES string of the molecule is CCC(C(=O)OC)C(NC)c1ccccc1F. The van der Waals surface area contributed by atoms with Crippen LogP contribution in [0.4, 0.5) is 4.39 Å². The first-order valence-electron chi connectivity index (χ1n) is 5.65. The average molecular weight is 239 g/mol. The van der Waals surface area contributed by atoms with E-state index in [1.165, 1.54) is 13.2 Å². The zero-order chi connectivity index (χ0) is 12.8. The van der Waals surface area contributed by atoms with E-state index < -0.39 is 0 Å². The normalized spacial score (nSPS) is 14.1. The first-order valence-corrected chi connectivity index (χ1v) is 5.65. The molecule has 0 saturated heterocycles. The van der Waals surface area contributed by atoms with Crippen LogP contribution < -0.4 is 5.32 Å². The van der Waals surface area contributed by atoms with Gasteiger partial charge < -0.3 is 10.1 Å². The fraction of sp³-hybridized carbons (Fsp3) is 0.462. The Labute approximate surface area is 101 Å². The molecule has 0 radical (unpaired) electrons. The van der Waals surface area contributed by atoms with E-state index in [9.17, 15) is 9.18 Å². The summed E-state index contributed by atoms with van der Waals surface area (Å²) < 4.78 is 18.4. The number of carbonyl (C=O) groups excluding carboxylic acids is 1. The molecule has 0 spiro atoms. The van der Waals surface area contributed by atoms with Gasteiger partial charge >= 0.3 is 5.97 Å². The number of nitrogens with one attached hydrogen (secondary N) is 1. The van der Waals surface area contributed by atoms with Gasteiger partial charge in [0.1, 0.15) is 5.82 Å². The van der Waals surface area contributed by atoms with Crippen molar-refractivity contribution in [3.8, 4) is 0 Å². The molecular weight excluding hydrogens is 221 g/mol. The molecule has 1 rings (SSSR count). The second-order valence-electron chi connectivity index (χ2n) is 3.83. The molecule has 1 aromatic rings. The van der Waals surface area contributed by atoms with Crippen molar-refractivity contribution in [3.05, 3.63) is 35.6 Å². The zero-order valence-electron chi connectivity index (χ0n) is 10.4. The second-order valence-corrected chi connectivity index (χ2v) is 3.83. The summed E-state index contributed by atoms with van der Waals surface area (Å²) in [6.07, 6.45) is 0.590. The molecule has 0 amide bonds. The van der Waals surface area contributed by atoms with Gasteiger partial charge in [-0.15, -0.1) is 0 Å². The lowest BCUT2D eigenvalue weighted by Gasteiger charge is -2.24. The van der Waals surface area contributed by atoms with Crippen LogP contribution in [0.3, 0.4) is 0 Å². The summed E-state index contributed by atoms with van der Waals surface area (Å²) in [6.45, 7) is 1.88. The Bertz CT molecular complexity index is 381. The number of ether oxygens (including phenoxy) is 1. The van der Waals surface area contributed by atoms with E-state index in [4.69, 9.17) is 4.74 Å². The Morgan fingerprint density at radius 1 is 1.47 bits per heavy atom. The number of halogens is 1. The number of hydrogen-bond acceptors (Lipinski definition) is 3. The van der Waals surface area contributed by atoms with E-state index >= 15 is 0 Å². The van der Waals surface area contributed by atoms with Crippen LogP contribution in [0.1, 0.15) is 24.9 Å². The van der Waals surface area contributed by atoms with Crippen molar-refractivity contribution in [2.45, 2.75) is 19.4 Å². The third-order valence-corrected chi connectivity index (χ3v) is 2.90. The fourth-order valence-corrected chi connectivity index (χ4v) is 1.99. The molecule has 2 atom stereocenters. The van der Waals surface area contributed by atoms with Gasteiger partial charge in [-0.05, 0) is 19.5 Å². The number of rotatable bonds is 5. The van der Waals surface area contributed by atoms with E-state index in [0.717, 1.165) is 0 Å². The van der Waals surface area contributed by atoms with Crippen molar-refractivity contribution >= 4 is 5.97 Å². The van der Waals surface area contributed by atoms with Gasteiger partial charge in [-0.25, -0.2) is 4.39 Å². The van der Waals surface area contributed by atoms with Gasteiger partial charge in [-0.1, -0.05) is 25.1 Å². The maximum Gasteiger partial charge on any atom is 0.310 e. The Morgan fingerprint density at radius 2 is 2.12 bits per heavy atom. The molecule has 0 saturated carbocycles. The Kier molecular flexibility index (Phi) is 5.10. The topological polar surface area (TPSA) is 38.3 Å². The van der Waals surface area contributed by atoms with Gasteiger partial charge in [0.25, 0.3) is 0 Å². The van der Waals surface area contributed by atoms with Crippen LogP contribution >= 0.6 is 0 Å². The lowest BCUT2D eigenvalue weighted by atomic mass is 9.90. The first-order chi connectivity index (χ1) is 8.15. The minimum atomic E-state index is -0.387. The lowest BCUT2D eigenvalue weighted by molar-refractivity contribution is -0.146. The predicted molar refractivity (Wildman–Crippen MR) is 64.0 cm³/mol. The van der Waals surface area contributed by atoms with Crippen LogP contribution in [-0.4, -0.2) is 20.1 Å². The maximum absolute atomic E-state index is 13.7. The summed E-state index contributed by atoms with van der Waals surface area (Å²) in [5.74, 6) is -1.02. The highest BCUT2D eigenvalue weighted by atomic mass is 19.1. The largest absolute Gasteiger partial charge is 0.469 e. The van der Waals surface area contributed by atoms with Crippen molar-refractivity contribution in [2.24, 2.45) is 5.92 Å².